The smallest absolute Gasteiger partial charge is 0.187 e. The fourth-order valence-electron chi connectivity index (χ4n) is 2.68. The lowest BCUT2D eigenvalue weighted by atomic mass is 10.1. The molecule has 6 heteroatoms. The van der Waals surface area contributed by atoms with Crippen LogP contribution in [0.1, 0.15) is 15.9 Å². The summed E-state index contributed by atoms with van der Waals surface area (Å²) in [5, 5.41) is 19.8. The predicted molar refractivity (Wildman–Crippen MR) is 96.0 cm³/mol. The summed E-state index contributed by atoms with van der Waals surface area (Å²) in [5.41, 5.74) is 1.72. The van der Waals surface area contributed by atoms with Gasteiger partial charge in [-0.2, -0.15) is 0 Å². The maximum atomic E-state index is 12.0. The van der Waals surface area contributed by atoms with Gasteiger partial charge in [-0.15, -0.1) is 0 Å². The minimum absolute atomic E-state index is 0.0552. The van der Waals surface area contributed by atoms with E-state index in [1.165, 1.54) is 12.3 Å². The van der Waals surface area contributed by atoms with Gasteiger partial charge in [0, 0.05) is 36.6 Å². The number of aliphatic imine (C=N–C) groups is 1. The summed E-state index contributed by atoms with van der Waals surface area (Å²) < 4.78 is 5.32. The van der Waals surface area contributed by atoms with Crippen LogP contribution in [-0.4, -0.2) is 55.1 Å². The van der Waals surface area contributed by atoms with Crippen LogP contribution in [0.3, 0.4) is 0 Å². The number of nitrogens with zero attached hydrogens (tertiary/aromatic N) is 2. The van der Waals surface area contributed by atoms with E-state index in [4.69, 9.17) is 4.74 Å². The molecule has 0 spiro atoms. The molecule has 3 rings (SSSR count). The number of ketones is 1. The molecule has 130 valence electrons. The number of para-hydroxylation sites is 1. The number of benzene rings is 2. The maximum Gasteiger partial charge on any atom is 0.187 e. The maximum absolute atomic E-state index is 12.0. The quantitative estimate of drug-likeness (QED) is 0.644. The van der Waals surface area contributed by atoms with Crippen LogP contribution in [0.2, 0.25) is 0 Å². The van der Waals surface area contributed by atoms with Gasteiger partial charge >= 0.3 is 0 Å². The Morgan fingerprint density at radius 3 is 2.60 bits per heavy atom. The molecule has 2 aromatic carbocycles. The van der Waals surface area contributed by atoms with Crippen LogP contribution in [0.5, 0.6) is 11.5 Å². The van der Waals surface area contributed by atoms with Crippen LogP contribution >= 0.6 is 0 Å². The van der Waals surface area contributed by atoms with Gasteiger partial charge in [-0.05, 0) is 24.3 Å². The van der Waals surface area contributed by atoms with Crippen LogP contribution < -0.4 is 4.90 Å². The van der Waals surface area contributed by atoms with Gasteiger partial charge in [0.2, 0.25) is 0 Å². The summed E-state index contributed by atoms with van der Waals surface area (Å²) >= 11 is 0. The number of phenols is 2. The van der Waals surface area contributed by atoms with Crippen molar-refractivity contribution in [1.82, 2.24) is 0 Å². The largest absolute Gasteiger partial charge is 0.507 e. The van der Waals surface area contributed by atoms with E-state index in [-0.39, 0.29) is 29.4 Å². The average Bonchev–Trinajstić information content (AvgIpc) is 2.64. The molecule has 0 unspecified atom stereocenters. The molecule has 1 heterocycles. The first kappa shape index (κ1) is 17.0. The normalized spacial score (nSPS) is 14.8. The number of aromatic hydroxyl groups is 2. The van der Waals surface area contributed by atoms with Gasteiger partial charge in [0.15, 0.2) is 5.78 Å². The van der Waals surface area contributed by atoms with Gasteiger partial charge < -0.3 is 19.8 Å². The van der Waals surface area contributed by atoms with E-state index in [0.29, 0.717) is 18.8 Å². The molecule has 0 bridgehead atoms. The van der Waals surface area contributed by atoms with Gasteiger partial charge in [-0.1, -0.05) is 12.1 Å². The third-order valence-corrected chi connectivity index (χ3v) is 4.06. The highest BCUT2D eigenvalue weighted by atomic mass is 16.5. The molecular weight excluding hydrogens is 320 g/mol. The summed E-state index contributed by atoms with van der Waals surface area (Å²) in [6, 6.07) is 11.7. The van der Waals surface area contributed by atoms with Crippen molar-refractivity contribution in [3.63, 3.8) is 0 Å². The first-order valence-corrected chi connectivity index (χ1v) is 8.12. The van der Waals surface area contributed by atoms with Crippen LogP contribution in [0.25, 0.3) is 0 Å². The first-order valence-electron chi connectivity index (χ1n) is 8.12. The van der Waals surface area contributed by atoms with E-state index in [0.717, 1.165) is 18.8 Å². The number of hydrogen-bond donors (Lipinski definition) is 2. The lowest BCUT2D eigenvalue weighted by molar-refractivity contribution is 0.0999. The zero-order valence-corrected chi connectivity index (χ0v) is 13.8. The number of anilines is 1. The summed E-state index contributed by atoms with van der Waals surface area (Å²) in [7, 11) is 0. The first-order chi connectivity index (χ1) is 12.1. The van der Waals surface area contributed by atoms with E-state index in [1.54, 1.807) is 30.3 Å². The van der Waals surface area contributed by atoms with Gasteiger partial charge in [-0.25, -0.2) is 0 Å². The van der Waals surface area contributed by atoms with Crippen molar-refractivity contribution < 1.29 is 19.7 Å². The Hall–Kier alpha value is -2.86. The van der Waals surface area contributed by atoms with Gasteiger partial charge in [0.05, 0.1) is 18.8 Å². The van der Waals surface area contributed by atoms with E-state index >= 15 is 0 Å². The van der Waals surface area contributed by atoms with Crippen molar-refractivity contribution in [3.05, 3.63) is 53.6 Å². The SMILES string of the molecule is O=C(CN=Cc1ccc(N2CCOCC2)cc1O)c1ccccc1O. The van der Waals surface area contributed by atoms with Crippen LogP contribution in [-0.2, 0) is 4.74 Å². The Morgan fingerprint density at radius 2 is 1.88 bits per heavy atom. The average molecular weight is 340 g/mol. The molecule has 1 fully saturated rings. The number of carbonyl (C=O) groups excluding carboxylic acids is 1. The fraction of sp³-hybridized carbons (Fsp3) is 0.263. The molecule has 0 radical (unpaired) electrons. The molecule has 0 atom stereocenters. The molecule has 6 nitrogen and oxygen atoms in total. The van der Waals surface area contributed by atoms with E-state index in [9.17, 15) is 15.0 Å². The highest BCUT2D eigenvalue weighted by Crippen LogP contribution is 2.24. The number of hydrogen-bond acceptors (Lipinski definition) is 6. The van der Waals surface area contributed by atoms with E-state index in [1.807, 2.05) is 6.07 Å². The topological polar surface area (TPSA) is 82.4 Å². The molecule has 25 heavy (non-hydrogen) atoms. The molecule has 1 saturated heterocycles. The molecule has 2 aromatic rings. The fourth-order valence-corrected chi connectivity index (χ4v) is 2.68. The lowest BCUT2D eigenvalue weighted by Crippen LogP contribution is -2.36. The van der Waals surface area contributed by atoms with E-state index in [2.05, 4.69) is 9.89 Å². The number of ether oxygens (including phenoxy) is 1. The molecule has 0 aliphatic carbocycles. The standard InChI is InChI=1S/C19H20N2O4/c22-17-4-2-1-3-16(17)19(24)13-20-12-14-5-6-15(11-18(14)23)21-7-9-25-10-8-21/h1-6,11-12,22-23H,7-10,13H2. The number of Topliss-reactive ketones (excluding diaryl/α,β-unsaturated/α-hetero) is 1. The molecular formula is C19H20N2O4. The van der Waals surface area contributed by atoms with Crippen molar-refractivity contribution in [2.45, 2.75) is 0 Å². The molecule has 1 aliphatic rings. The van der Waals surface area contributed by atoms with Gasteiger partial charge in [-0.3, -0.25) is 9.79 Å². The molecule has 1 aliphatic heterocycles. The van der Waals surface area contributed by atoms with Crippen molar-refractivity contribution in [2.75, 3.05) is 37.7 Å². The third kappa shape index (κ3) is 4.16. The Morgan fingerprint density at radius 1 is 1.12 bits per heavy atom. The highest BCUT2D eigenvalue weighted by Gasteiger charge is 2.13. The summed E-state index contributed by atoms with van der Waals surface area (Å²) in [6.45, 7) is 2.85. The third-order valence-electron chi connectivity index (χ3n) is 4.06. The number of carbonyl (C=O) groups is 1. The van der Waals surface area contributed by atoms with Crippen LogP contribution in [0.15, 0.2) is 47.5 Å². The zero-order valence-electron chi connectivity index (χ0n) is 13.8. The van der Waals surface area contributed by atoms with Crippen molar-refractivity contribution in [1.29, 1.82) is 0 Å². The number of phenolic OH excluding ortho intramolecular Hbond substituents is 2. The molecule has 0 aromatic heterocycles. The second kappa shape index (κ2) is 7.81. The predicted octanol–water partition coefficient (Wildman–Crippen LogP) is 2.24. The highest BCUT2D eigenvalue weighted by molar-refractivity contribution is 6.01. The summed E-state index contributed by atoms with van der Waals surface area (Å²) in [4.78, 5) is 18.3. The lowest BCUT2D eigenvalue weighted by Gasteiger charge is -2.29. The molecule has 0 saturated carbocycles. The summed E-state index contributed by atoms with van der Waals surface area (Å²) in [6.07, 6.45) is 1.47. The van der Waals surface area contributed by atoms with Crippen molar-refractivity contribution in [2.24, 2.45) is 4.99 Å². The Balaban J connectivity index is 1.65. The Labute approximate surface area is 146 Å². The Kier molecular flexibility index (Phi) is 5.30. The van der Waals surface area contributed by atoms with Crippen molar-refractivity contribution >= 4 is 17.7 Å². The number of morpholine rings is 1. The number of rotatable bonds is 5. The van der Waals surface area contributed by atoms with Crippen molar-refractivity contribution in [3.8, 4) is 11.5 Å². The van der Waals surface area contributed by atoms with Crippen LogP contribution in [0, 0.1) is 0 Å². The minimum atomic E-state index is -0.279. The second-order valence-electron chi connectivity index (χ2n) is 5.75. The second-order valence-corrected chi connectivity index (χ2v) is 5.75. The minimum Gasteiger partial charge on any atom is -0.507 e. The van der Waals surface area contributed by atoms with Gasteiger partial charge in [0.25, 0.3) is 0 Å². The Bertz CT molecular complexity index is 783. The molecule has 2 N–H and O–H groups in total. The van der Waals surface area contributed by atoms with Gasteiger partial charge in [0.1, 0.15) is 18.0 Å². The summed E-state index contributed by atoms with van der Waals surface area (Å²) in [5.74, 6) is -0.220. The zero-order chi connectivity index (χ0) is 17.6. The van der Waals surface area contributed by atoms with Crippen LogP contribution in [0.4, 0.5) is 5.69 Å². The molecule has 0 amide bonds. The van der Waals surface area contributed by atoms with E-state index < -0.39 is 0 Å². The monoisotopic (exact) mass is 340 g/mol.